The fourth-order valence-electron chi connectivity index (χ4n) is 2.60. The number of carbonyl (C=O) groups excluding carboxylic acids is 1. The van der Waals surface area contributed by atoms with Crippen molar-refractivity contribution >= 4 is 56.5 Å². The van der Waals surface area contributed by atoms with Crippen LogP contribution in [-0.4, -0.2) is 25.6 Å². The van der Waals surface area contributed by atoms with Crippen molar-refractivity contribution in [2.24, 2.45) is 4.99 Å². The Morgan fingerprint density at radius 2 is 2.07 bits per heavy atom. The Kier molecular flexibility index (Phi) is 7.12. The summed E-state index contributed by atoms with van der Waals surface area (Å²) in [6.45, 7) is 2.75. The fraction of sp³-hybridized carbons (Fsp3) is 0.238. The molecule has 0 radical (unpaired) electrons. The molecule has 146 valence electrons. The summed E-state index contributed by atoms with van der Waals surface area (Å²) in [6, 6.07) is 11.2. The highest BCUT2D eigenvalue weighted by atomic mass is 127. The highest BCUT2D eigenvalue weighted by Gasteiger charge is 2.25. The monoisotopic (exact) mass is 555 g/mol. The van der Waals surface area contributed by atoms with E-state index in [4.69, 9.17) is 14.2 Å². The molecule has 7 heteroatoms. The summed E-state index contributed by atoms with van der Waals surface area (Å²) in [5, 5.41) is 0. The predicted molar refractivity (Wildman–Crippen MR) is 121 cm³/mol. The molecule has 2 aromatic carbocycles. The van der Waals surface area contributed by atoms with Crippen molar-refractivity contribution in [3.8, 4) is 11.5 Å². The maximum atomic E-state index is 12.3. The standard InChI is InChI=1S/C21H19BrINO4/c1-3-4-9-27-19-16(23)10-13(12-18(19)26-2)11-17-21(25)28-20(24-17)14-7-5-6-8-15(14)22/h5-8,10-12H,3-4,9H2,1-2H3/b17-11+. The predicted octanol–water partition coefficient (Wildman–Crippen LogP) is 5.59. The Morgan fingerprint density at radius 1 is 1.29 bits per heavy atom. The number of methoxy groups -OCH3 is 1. The van der Waals surface area contributed by atoms with Crippen LogP contribution in [-0.2, 0) is 9.53 Å². The van der Waals surface area contributed by atoms with Gasteiger partial charge in [-0.1, -0.05) is 25.5 Å². The molecular formula is C21H19BrINO4. The third-order valence-electron chi connectivity index (χ3n) is 4.02. The van der Waals surface area contributed by atoms with Crippen LogP contribution in [0.4, 0.5) is 0 Å². The Morgan fingerprint density at radius 3 is 2.79 bits per heavy atom. The second-order valence-corrected chi connectivity index (χ2v) is 8.07. The molecule has 0 amide bonds. The molecule has 0 aromatic heterocycles. The van der Waals surface area contributed by atoms with Crippen LogP contribution in [0.2, 0.25) is 0 Å². The minimum atomic E-state index is -0.483. The lowest BCUT2D eigenvalue weighted by Crippen LogP contribution is -2.06. The molecule has 3 rings (SSSR count). The first-order valence-electron chi connectivity index (χ1n) is 8.81. The maximum absolute atomic E-state index is 12.3. The zero-order chi connectivity index (χ0) is 20.1. The smallest absolute Gasteiger partial charge is 0.363 e. The average molecular weight is 556 g/mol. The number of aliphatic imine (C=N–C) groups is 1. The summed E-state index contributed by atoms with van der Waals surface area (Å²) in [6.07, 6.45) is 3.72. The summed E-state index contributed by atoms with van der Waals surface area (Å²) in [5.41, 5.74) is 1.75. The number of carbonyl (C=O) groups is 1. The van der Waals surface area contributed by atoms with E-state index in [-0.39, 0.29) is 11.6 Å². The van der Waals surface area contributed by atoms with Gasteiger partial charge in [0.25, 0.3) is 0 Å². The first kappa shape index (κ1) is 20.9. The highest BCUT2D eigenvalue weighted by Crippen LogP contribution is 2.35. The van der Waals surface area contributed by atoms with E-state index < -0.39 is 5.97 Å². The Balaban J connectivity index is 1.91. The van der Waals surface area contributed by atoms with Crippen LogP contribution in [0.25, 0.3) is 6.08 Å². The molecule has 0 fully saturated rings. The van der Waals surface area contributed by atoms with Gasteiger partial charge in [0.05, 0.1) is 22.9 Å². The summed E-state index contributed by atoms with van der Waals surface area (Å²) >= 11 is 5.66. The second kappa shape index (κ2) is 9.56. The van der Waals surface area contributed by atoms with Crippen LogP contribution in [0.1, 0.15) is 30.9 Å². The van der Waals surface area contributed by atoms with Crippen molar-refractivity contribution in [1.82, 2.24) is 0 Å². The lowest BCUT2D eigenvalue weighted by molar-refractivity contribution is -0.129. The fourth-order valence-corrected chi connectivity index (χ4v) is 3.83. The van der Waals surface area contributed by atoms with E-state index in [1.54, 1.807) is 13.2 Å². The number of nitrogens with zero attached hydrogens (tertiary/aromatic N) is 1. The quantitative estimate of drug-likeness (QED) is 0.193. The summed E-state index contributed by atoms with van der Waals surface area (Å²) < 4.78 is 18.4. The molecule has 2 aromatic rings. The van der Waals surface area contributed by atoms with E-state index in [0.29, 0.717) is 18.1 Å². The molecule has 5 nitrogen and oxygen atoms in total. The SMILES string of the molecule is CCCCOc1c(I)cc(/C=C2/N=C(c3ccccc3Br)OC2=O)cc1OC. The minimum absolute atomic E-state index is 0.239. The number of ether oxygens (including phenoxy) is 3. The molecule has 0 aliphatic carbocycles. The van der Waals surface area contributed by atoms with E-state index in [1.807, 2.05) is 36.4 Å². The maximum Gasteiger partial charge on any atom is 0.363 e. The van der Waals surface area contributed by atoms with E-state index in [1.165, 1.54) is 0 Å². The molecule has 1 heterocycles. The van der Waals surface area contributed by atoms with Crippen molar-refractivity contribution < 1.29 is 19.0 Å². The van der Waals surface area contributed by atoms with Gasteiger partial charge < -0.3 is 14.2 Å². The van der Waals surface area contributed by atoms with Crippen LogP contribution in [0.3, 0.4) is 0 Å². The zero-order valence-electron chi connectivity index (χ0n) is 15.5. The number of benzene rings is 2. The molecule has 1 aliphatic heterocycles. The Bertz CT molecular complexity index is 955. The molecule has 0 spiro atoms. The van der Waals surface area contributed by atoms with E-state index >= 15 is 0 Å². The minimum Gasteiger partial charge on any atom is -0.493 e. The number of cyclic esters (lactones) is 1. The number of esters is 1. The van der Waals surface area contributed by atoms with Crippen molar-refractivity contribution in [3.05, 3.63) is 61.3 Å². The largest absolute Gasteiger partial charge is 0.493 e. The van der Waals surface area contributed by atoms with Crippen LogP contribution in [0, 0.1) is 3.57 Å². The molecule has 0 bridgehead atoms. The first-order chi connectivity index (χ1) is 13.5. The summed E-state index contributed by atoms with van der Waals surface area (Å²) in [4.78, 5) is 16.6. The second-order valence-electron chi connectivity index (χ2n) is 6.05. The normalized spacial score (nSPS) is 14.8. The van der Waals surface area contributed by atoms with Gasteiger partial charge >= 0.3 is 5.97 Å². The van der Waals surface area contributed by atoms with Gasteiger partial charge in [-0.2, -0.15) is 0 Å². The van der Waals surface area contributed by atoms with E-state index in [2.05, 4.69) is 50.4 Å². The van der Waals surface area contributed by atoms with Crippen molar-refractivity contribution in [2.45, 2.75) is 19.8 Å². The molecule has 0 atom stereocenters. The summed E-state index contributed by atoms with van der Waals surface area (Å²) in [5.74, 6) is 1.13. The van der Waals surface area contributed by atoms with Crippen molar-refractivity contribution in [3.63, 3.8) is 0 Å². The van der Waals surface area contributed by atoms with Gasteiger partial charge in [0.1, 0.15) is 0 Å². The third-order valence-corrected chi connectivity index (χ3v) is 5.52. The van der Waals surface area contributed by atoms with Gasteiger partial charge in [-0.25, -0.2) is 9.79 Å². The Labute approximate surface area is 186 Å². The zero-order valence-corrected chi connectivity index (χ0v) is 19.2. The van der Waals surface area contributed by atoms with Crippen molar-refractivity contribution in [1.29, 1.82) is 0 Å². The Hall–Kier alpha value is -1.87. The highest BCUT2D eigenvalue weighted by molar-refractivity contribution is 14.1. The number of hydrogen-bond acceptors (Lipinski definition) is 5. The molecular weight excluding hydrogens is 537 g/mol. The number of rotatable bonds is 7. The molecule has 0 N–H and O–H groups in total. The van der Waals surface area contributed by atoms with Gasteiger partial charge in [0.15, 0.2) is 17.2 Å². The first-order valence-corrected chi connectivity index (χ1v) is 10.7. The van der Waals surface area contributed by atoms with Gasteiger partial charge in [-0.3, -0.25) is 0 Å². The van der Waals surface area contributed by atoms with Gasteiger partial charge in [0.2, 0.25) is 5.90 Å². The molecule has 1 aliphatic rings. The van der Waals surface area contributed by atoms with Crippen LogP contribution in [0.5, 0.6) is 11.5 Å². The lowest BCUT2D eigenvalue weighted by Gasteiger charge is -2.13. The third kappa shape index (κ3) is 4.75. The molecule has 28 heavy (non-hydrogen) atoms. The van der Waals surface area contributed by atoms with Gasteiger partial charge in [-0.15, -0.1) is 0 Å². The van der Waals surface area contributed by atoms with Crippen LogP contribution in [0.15, 0.2) is 51.6 Å². The van der Waals surface area contributed by atoms with Gasteiger partial charge in [-0.05, 0) is 80.8 Å². The molecule has 0 saturated heterocycles. The van der Waals surface area contributed by atoms with Gasteiger partial charge in [0, 0.05) is 4.47 Å². The number of halogens is 2. The molecule has 0 saturated carbocycles. The summed E-state index contributed by atoms with van der Waals surface area (Å²) in [7, 11) is 1.60. The van der Waals surface area contributed by atoms with Crippen molar-refractivity contribution in [2.75, 3.05) is 13.7 Å². The van der Waals surface area contributed by atoms with Crippen LogP contribution < -0.4 is 9.47 Å². The topological polar surface area (TPSA) is 57.1 Å². The van der Waals surface area contributed by atoms with Crippen LogP contribution >= 0.6 is 38.5 Å². The number of unbranched alkanes of at least 4 members (excludes halogenated alkanes) is 1. The number of hydrogen-bond donors (Lipinski definition) is 0. The van der Waals surface area contributed by atoms with E-state index in [9.17, 15) is 4.79 Å². The lowest BCUT2D eigenvalue weighted by atomic mass is 10.1. The van der Waals surface area contributed by atoms with E-state index in [0.717, 1.165) is 32.0 Å². The average Bonchev–Trinajstić information content (AvgIpc) is 3.03. The molecule has 0 unspecified atom stereocenters.